The van der Waals surface area contributed by atoms with E-state index >= 15 is 0 Å². The van der Waals surface area contributed by atoms with Crippen molar-refractivity contribution < 1.29 is 10.0 Å². The fraction of sp³-hybridized carbons (Fsp3) is 0.500. The molecule has 1 aromatic heterocycles. The number of nitrogens with zero attached hydrogens (tertiary/aromatic N) is 2. The van der Waals surface area contributed by atoms with Crippen molar-refractivity contribution in [3.8, 4) is 0 Å². The van der Waals surface area contributed by atoms with Crippen LogP contribution in [0.3, 0.4) is 0 Å². The smallest absolute Gasteiger partial charge is 0.265 e. The van der Waals surface area contributed by atoms with E-state index in [1.54, 1.807) is 22.7 Å². The van der Waals surface area contributed by atoms with Crippen LogP contribution in [0.5, 0.6) is 0 Å². The van der Waals surface area contributed by atoms with Gasteiger partial charge in [0.1, 0.15) is 4.88 Å². The number of thiophene rings is 1. The maximum atomic E-state index is 12.4. The third-order valence-electron chi connectivity index (χ3n) is 3.64. The zero-order valence-corrected chi connectivity index (χ0v) is 13.4. The summed E-state index contributed by atoms with van der Waals surface area (Å²) in [5, 5.41) is 14.3. The van der Waals surface area contributed by atoms with E-state index in [1.165, 1.54) is 11.3 Å². The molecule has 2 rings (SSSR count). The normalized spacial score (nSPS) is 19.1. The second-order valence-corrected chi connectivity index (χ2v) is 7.09. The summed E-state index contributed by atoms with van der Waals surface area (Å²) in [5.74, 6) is 0.186. The summed E-state index contributed by atoms with van der Waals surface area (Å²) in [7, 11) is 0. The second-order valence-electron chi connectivity index (χ2n) is 4.57. The molecule has 0 spiro atoms. The highest BCUT2D eigenvalue weighted by Crippen LogP contribution is 2.36. The predicted molar refractivity (Wildman–Crippen MR) is 84.1 cm³/mol. The Kier molecular flexibility index (Phi) is 4.82. The van der Waals surface area contributed by atoms with Gasteiger partial charge in [0, 0.05) is 13.1 Å². The van der Waals surface area contributed by atoms with E-state index < -0.39 is 0 Å². The van der Waals surface area contributed by atoms with Crippen LogP contribution in [0, 0.1) is 0 Å². The van der Waals surface area contributed by atoms with Gasteiger partial charge in [-0.3, -0.25) is 4.79 Å². The Labute approximate surface area is 130 Å². The highest BCUT2D eigenvalue weighted by molar-refractivity contribution is 8.00. The highest BCUT2D eigenvalue weighted by atomic mass is 35.5. The first-order chi connectivity index (χ1) is 9.54. The summed E-state index contributed by atoms with van der Waals surface area (Å²) in [6.45, 7) is 1.15. The van der Waals surface area contributed by atoms with Crippen molar-refractivity contribution >= 4 is 46.4 Å². The Morgan fingerprint density at radius 1 is 1.60 bits per heavy atom. The molecule has 0 atom stereocenters. The zero-order chi connectivity index (χ0) is 14.8. The van der Waals surface area contributed by atoms with Gasteiger partial charge in [0.15, 0.2) is 5.84 Å². The number of nitrogens with two attached hydrogens (primary N) is 1. The number of carbonyl (C=O) groups is 1. The van der Waals surface area contributed by atoms with Crippen LogP contribution in [0.25, 0.3) is 0 Å². The van der Waals surface area contributed by atoms with Crippen LogP contribution in [0.2, 0.25) is 5.02 Å². The average Bonchev–Trinajstić information content (AvgIpc) is 2.91. The Morgan fingerprint density at radius 2 is 2.25 bits per heavy atom. The third kappa shape index (κ3) is 2.75. The quantitative estimate of drug-likeness (QED) is 0.385. The van der Waals surface area contributed by atoms with Crippen LogP contribution in [-0.4, -0.2) is 45.9 Å². The van der Waals surface area contributed by atoms with Gasteiger partial charge in [-0.25, -0.2) is 0 Å². The summed E-state index contributed by atoms with van der Waals surface area (Å²) in [4.78, 5) is 14.7. The number of hydrogen-bond acceptors (Lipinski definition) is 5. The van der Waals surface area contributed by atoms with Gasteiger partial charge in [0.05, 0.1) is 9.77 Å². The minimum atomic E-state index is -0.384. The summed E-state index contributed by atoms with van der Waals surface area (Å²) in [6, 6.07) is 1.73. The lowest BCUT2D eigenvalue weighted by Gasteiger charge is -2.39. The average molecular weight is 334 g/mol. The molecule has 1 aliphatic heterocycles. The van der Waals surface area contributed by atoms with Crippen LogP contribution >= 0.6 is 34.7 Å². The van der Waals surface area contributed by atoms with Crippen LogP contribution in [0.1, 0.15) is 22.5 Å². The molecule has 0 aromatic carbocycles. The summed E-state index contributed by atoms with van der Waals surface area (Å²) in [5.41, 5.74) is 5.79. The molecule has 0 bridgehead atoms. The number of likely N-dealkylation sites (tertiary alicyclic amines) is 1. The Hall–Kier alpha value is -0.920. The molecule has 1 amide bonds. The first kappa shape index (κ1) is 15.5. The number of oxime groups is 1. The van der Waals surface area contributed by atoms with Crippen molar-refractivity contribution in [3.63, 3.8) is 0 Å². The monoisotopic (exact) mass is 333 g/mol. The molecule has 1 fully saturated rings. The fourth-order valence-corrected chi connectivity index (χ4v) is 4.26. The number of amidine groups is 1. The lowest BCUT2D eigenvalue weighted by molar-refractivity contribution is 0.0723. The molecule has 1 aliphatic rings. The van der Waals surface area contributed by atoms with E-state index in [2.05, 4.69) is 5.16 Å². The summed E-state index contributed by atoms with van der Waals surface area (Å²) >= 11 is 8.91. The number of carbonyl (C=O) groups excluding carboxylic acids is 1. The highest BCUT2D eigenvalue weighted by Gasteiger charge is 2.39. The van der Waals surface area contributed by atoms with Crippen molar-refractivity contribution in [1.82, 2.24) is 4.90 Å². The molecule has 20 heavy (non-hydrogen) atoms. The van der Waals surface area contributed by atoms with Crippen molar-refractivity contribution in [2.24, 2.45) is 10.9 Å². The number of piperidine rings is 1. The molecule has 0 radical (unpaired) electrons. The maximum Gasteiger partial charge on any atom is 0.265 e. The summed E-state index contributed by atoms with van der Waals surface area (Å²) in [6.07, 6.45) is 3.27. The molecule has 0 saturated carbocycles. The van der Waals surface area contributed by atoms with Crippen LogP contribution in [0.4, 0.5) is 0 Å². The van der Waals surface area contributed by atoms with Gasteiger partial charge < -0.3 is 15.8 Å². The van der Waals surface area contributed by atoms with Crippen LogP contribution < -0.4 is 5.73 Å². The van der Waals surface area contributed by atoms with E-state index in [0.29, 0.717) is 35.8 Å². The molecule has 2 heterocycles. The molecule has 5 nitrogen and oxygen atoms in total. The van der Waals surface area contributed by atoms with Gasteiger partial charge in [0.2, 0.25) is 0 Å². The molecule has 0 unspecified atom stereocenters. The van der Waals surface area contributed by atoms with Gasteiger partial charge in [0.25, 0.3) is 5.91 Å². The van der Waals surface area contributed by atoms with E-state index in [0.717, 1.165) is 0 Å². The standard InChI is InChI=1S/C12H16ClN3O2S2/c1-19-12(11(14)15-18)3-5-16(6-4-12)10(17)9-8(13)2-7-20-9/h2,7,18H,3-6H2,1H3,(H2,14,15). The van der Waals surface area contributed by atoms with Crippen molar-refractivity contribution in [2.75, 3.05) is 19.3 Å². The molecule has 1 saturated heterocycles. The molecule has 110 valence electrons. The molecule has 1 aromatic rings. The Bertz CT molecular complexity index is 525. The molecule has 3 N–H and O–H groups in total. The molecular formula is C12H16ClN3O2S2. The van der Waals surface area contributed by atoms with Crippen molar-refractivity contribution in [1.29, 1.82) is 0 Å². The number of thioether (sulfide) groups is 1. The maximum absolute atomic E-state index is 12.4. The summed E-state index contributed by atoms with van der Waals surface area (Å²) < 4.78 is -0.384. The Balaban J connectivity index is 2.08. The molecule has 8 heteroatoms. The number of hydrogen-bond donors (Lipinski definition) is 2. The van der Waals surface area contributed by atoms with Crippen LogP contribution in [0.15, 0.2) is 16.6 Å². The molecule has 0 aliphatic carbocycles. The minimum absolute atomic E-state index is 0.0424. The predicted octanol–water partition coefficient (Wildman–Crippen LogP) is 2.49. The zero-order valence-electron chi connectivity index (χ0n) is 11.0. The lowest BCUT2D eigenvalue weighted by atomic mass is 9.94. The topological polar surface area (TPSA) is 78.9 Å². The van der Waals surface area contributed by atoms with E-state index in [-0.39, 0.29) is 16.5 Å². The van der Waals surface area contributed by atoms with Gasteiger partial charge in [-0.15, -0.1) is 11.3 Å². The van der Waals surface area contributed by atoms with Gasteiger partial charge in [-0.05, 0) is 30.5 Å². The number of rotatable bonds is 3. The fourth-order valence-electron chi connectivity index (χ4n) is 2.32. The van der Waals surface area contributed by atoms with E-state index in [1.807, 2.05) is 11.6 Å². The van der Waals surface area contributed by atoms with E-state index in [4.69, 9.17) is 22.5 Å². The first-order valence-corrected chi connectivity index (χ1v) is 8.58. The van der Waals surface area contributed by atoms with Crippen LogP contribution in [-0.2, 0) is 0 Å². The SMILES string of the molecule is CSC1(/C(N)=N/O)CCN(C(=O)c2sccc2Cl)CC1. The Morgan fingerprint density at radius 3 is 2.70 bits per heavy atom. The largest absolute Gasteiger partial charge is 0.409 e. The minimum Gasteiger partial charge on any atom is -0.409 e. The van der Waals surface area contributed by atoms with Gasteiger partial charge in [-0.1, -0.05) is 16.8 Å². The number of amides is 1. The second kappa shape index (κ2) is 6.24. The number of halogens is 1. The van der Waals surface area contributed by atoms with Gasteiger partial charge >= 0.3 is 0 Å². The third-order valence-corrected chi connectivity index (χ3v) is 6.36. The lowest BCUT2D eigenvalue weighted by Crippen LogP contribution is -2.51. The molecular weight excluding hydrogens is 318 g/mol. The van der Waals surface area contributed by atoms with Crippen molar-refractivity contribution in [3.05, 3.63) is 21.3 Å². The van der Waals surface area contributed by atoms with Gasteiger partial charge in [-0.2, -0.15) is 11.8 Å². The van der Waals surface area contributed by atoms with E-state index in [9.17, 15) is 4.79 Å². The van der Waals surface area contributed by atoms with Crippen molar-refractivity contribution in [2.45, 2.75) is 17.6 Å². The first-order valence-electron chi connectivity index (χ1n) is 6.09.